The molecule has 1 saturated heterocycles. The number of nitrogens with one attached hydrogen (secondary N) is 2. The van der Waals surface area contributed by atoms with Crippen molar-refractivity contribution >= 4 is 52.3 Å². The molecule has 0 aliphatic carbocycles. The van der Waals surface area contributed by atoms with Gasteiger partial charge in [-0.1, -0.05) is 41.4 Å². The van der Waals surface area contributed by atoms with E-state index < -0.39 is 5.92 Å². The van der Waals surface area contributed by atoms with Crippen molar-refractivity contribution < 1.29 is 19.1 Å². The standard InChI is InChI=1S/C27H25Cl2N3O4/c1-17-2-7-21(13-24(17)29)31-25(33)16-36-23-10-8-22(9-11-23)32-15-19(12-26(32)34)27(35)30-14-18-3-5-20(28)6-4-18/h2-11,13,19H,12,14-16H2,1H3,(H,30,35)(H,31,33)/t19-/m0/s1. The average Bonchev–Trinajstić information content (AvgIpc) is 3.26. The van der Waals surface area contributed by atoms with Crippen LogP contribution in [-0.2, 0) is 20.9 Å². The van der Waals surface area contributed by atoms with Crippen molar-refractivity contribution in [3.05, 3.63) is 87.9 Å². The van der Waals surface area contributed by atoms with Crippen LogP contribution in [0.25, 0.3) is 0 Å². The van der Waals surface area contributed by atoms with Crippen LogP contribution in [0.2, 0.25) is 10.0 Å². The normalized spacial score (nSPS) is 15.0. The number of benzene rings is 3. The van der Waals surface area contributed by atoms with Crippen molar-refractivity contribution in [3.63, 3.8) is 0 Å². The molecule has 0 bridgehead atoms. The van der Waals surface area contributed by atoms with E-state index in [1.54, 1.807) is 53.4 Å². The summed E-state index contributed by atoms with van der Waals surface area (Å²) in [5.41, 5.74) is 3.11. The molecular formula is C27H25Cl2N3O4. The van der Waals surface area contributed by atoms with Crippen LogP contribution >= 0.6 is 23.2 Å². The van der Waals surface area contributed by atoms with Gasteiger partial charge in [0.2, 0.25) is 11.8 Å². The van der Waals surface area contributed by atoms with E-state index in [-0.39, 0.29) is 30.7 Å². The molecule has 186 valence electrons. The number of hydrogen-bond acceptors (Lipinski definition) is 4. The third-order valence-corrected chi connectivity index (χ3v) is 6.51. The topological polar surface area (TPSA) is 87.7 Å². The third-order valence-electron chi connectivity index (χ3n) is 5.85. The highest BCUT2D eigenvalue weighted by Crippen LogP contribution is 2.27. The molecule has 1 heterocycles. The molecule has 0 aromatic heterocycles. The molecule has 3 aromatic rings. The molecule has 9 heteroatoms. The molecule has 1 aliphatic heterocycles. The van der Waals surface area contributed by atoms with Gasteiger partial charge in [-0.2, -0.15) is 0 Å². The van der Waals surface area contributed by atoms with Crippen molar-refractivity contribution in [2.24, 2.45) is 5.92 Å². The summed E-state index contributed by atoms with van der Waals surface area (Å²) in [7, 11) is 0. The van der Waals surface area contributed by atoms with E-state index in [1.807, 2.05) is 25.1 Å². The highest BCUT2D eigenvalue weighted by Gasteiger charge is 2.35. The van der Waals surface area contributed by atoms with E-state index in [4.69, 9.17) is 27.9 Å². The Morgan fingerprint density at radius 2 is 1.75 bits per heavy atom. The molecule has 1 aliphatic rings. The summed E-state index contributed by atoms with van der Waals surface area (Å²) in [6.45, 7) is 2.38. The van der Waals surface area contributed by atoms with Crippen LogP contribution in [0.15, 0.2) is 66.7 Å². The number of carbonyl (C=O) groups is 3. The van der Waals surface area contributed by atoms with E-state index in [0.717, 1.165) is 11.1 Å². The van der Waals surface area contributed by atoms with Crippen molar-refractivity contribution in [2.75, 3.05) is 23.4 Å². The van der Waals surface area contributed by atoms with Crippen LogP contribution in [0.4, 0.5) is 11.4 Å². The number of carbonyl (C=O) groups excluding carboxylic acids is 3. The molecule has 1 atom stereocenters. The van der Waals surface area contributed by atoms with Gasteiger partial charge < -0.3 is 20.3 Å². The summed E-state index contributed by atoms with van der Waals surface area (Å²) < 4.78 is 5.56. The molecule has 0 saturated carbocycles. The zero-order valence-electron chi connectivity index (χ0n) is 19.6. The zero-order valence-corrected chi connectivity index (χ0v) is 21.1. The number of anilines is 2. The highest BCUT2D eigenvalue weighted by molar-refractivity contribution is 6.31. The quantitative estimate of drug-likeness (QED) is 0.433. The molecule has 0 unspecified atom stereocenters. The fraction of sp³-hybridized carbons (Fsp3) is 0.222. The van der Waals surface area contributed by atoms with Crippen LogP contribution in [0.3, 0.4) is 0 Å². The number of hydrogen-bond donors (Lipinski definition) is 2. The first-order valence-electron chi connectivity index (χ1n) is 11.4. The van der Waals surface area contributed by atoms with Gasteiger partial charge in [0, 0.05) is 40.9 Å². The van der Waals surface area contributed by atoms with Crippen LogP contribution < -0.4 is 20.3 Å². The van der Waals surface area contributed by atoms with Gasteiger partial charge in [-0.3, -0.25) is 14.4 Å². The Bertz CT molecular complexity index is 1260. The predicted octanol–water partition coefficient (Wildman–Crippen LogP) is 4.99. The highest BCUT2D eigenvalue weighted by atomic mass is 35.5. The van der Waals surface area contributed by atoms with Gasteiger partial charge in [-0.25, -0.2) is 0 Å². The molecule has 36 heavy (non-hydrogen) atoms. The number of halogens is 2. The first kappa shape index (κ1) is 25.5. The van der Waals surface area contributed by atoms with Gasteiger partial charge in [0.25, 0.3) is 5.91 Å². The second kappa shape index (κ2) is 11.5. The maximum Gasteiger partial charge on any atom is 0.262 e. The van der Waals surface area contributed by atoms with Gasteiger partial charge in [0.05, 0.1) is 5.92 Å². The second-order valence-electron chi connectivity index (χ2n) is 8.54. The summed E-state index contributed by atoms with van der Waals surface area (Å²) >= 11 is 12.0. The van der Waals surface area contributed by atoms with Crippen molar-refractivity contribution in [3.8, 4) is 5.75 Å². The number of aryl methyl sites for hydroxylation is 1. The van der Waals surface area contributed by atoms with Crippen molar-refractivity contribution in [2.45, 2.75) is 19.9 Å². The Kier molecular flexibility index (Phi) is 8.13. The smallest absolute Gasteiger partial charge is 0.262 e. The zero-order chi connectivity index (χ0) is 25.7. The molecule has 4 rings (SSSR count). The van der Waals surface area contributed by atoms with E-state index >= 15 is 0 Å². The van der Waals surface area contributed by atoms with Crippen molar-refractivity contribution in [1.82, 2.24) is 5.32 Å². The van der Waals surface area contributed by atoms with Gasteiger partial charge in [0.15, 0.2) is 6.61 Å². The Morgan fingerprint density at radius 1 is 1.03 bits per heavy atom. The number of amides is 3. The van der Waals surface area contributed by atoms with Crippen LogP contribution in [0.1, 0.15) is 17.5 Å². The molecule has 2 N–H and O–H groups in total. The Labute approximate surface area is 219 Å². The molecule has 0 spiro atoms. The number of rotatable bonds is 8. The van der Waals surface area contributed by atoms with Crippen LogP contribution in [0, 0.1) is 12.8 Å². The van der Waals surface area contributed by atoms with Gasteiger partial charge >= 0.3 is 0 Å². The molecule has 3 aromatic carbocycles. The second-order valence-corrected chi connectivity index (χ2v) is 9.39. The minimum Gasteiger partial charge on any atom is -0.484 e. The molecule has 7 nitrogen and oxygen atoms in total. The SMILES string of the molecule is Cc1ccc(NC(=O)COc2ccc(N3C[C@@H](C(=O)NCc4ccc(Cl)cc4)CC3=O)cc2)cc1Cl. The maximum atomic E-state index is 12.6. The van der Waals surface area contributed by atoms with Crippen LogP contribution in [-0.4, -0.2) is 30.9 Å². The fourth-order valence-corrected chi connectivity index (χ4v) is 4.11. The molecule has 0 radical (unpaired) electrons. The Balaban J connectivity index is 1.26. The lowest BCUT2D eigenvalue weighted by atomic mass is 10.1. The largest absolute Gasteiger partial charge is 0.484 e. The van der Waals surface area contributed by atoms with E-state index in [1.165, 1.54) is 0 Å². The molecular weight excluding hydrogens is 501 g/mol. The monoisotopic (exact) mass is 525 g/mol. The minimum atomic E-state index is -0.431. The lowest BCUT2D eigenvalue weighted by Crippen LogP contribution is -2.32. The first-order chi connectivity index (χ1) is 17.3. The summed E-state index contributed by atoms with van der Waals surface area (Å²) in [5.74, 6) is -0.548. The maximum absolute atomic E-state index is 12.6. The van der Waals surface area contributed by atoms with E-state index in [2.05, 4.69) is 10.6 Å². The Morgan fingerprint density at radius 3 is 2.44 bits per heavy atom. The molecule has 1 fully saturated rings. The average molecular weight is 526 g/mol. The number of nitrogens with zero attached hydrogens (tertiary/aromatic N) is 1. The molecule has 3 amide bonds. The summed E-state index contributed by atoms with van der Waals surface area (Å²) in [6.07, 6.45) is 0.147. The minimum absolute atomic E-state index is 0.119. The lowest BCUT2D eigenvalue weighted by Gasteiger charge is -2.17. The third kappa shape index (κ3) is 6.56. The number of ether oxygens (including phenoxy) is 1. The lowest BCUT2D eigenvalue weighted by molar-refractivity contribution is -0.126. The van der Waals surface area contributed by atoms with Gasteiger partial charge in [0.1, 0.15) is 5.75 Å². The van der Waals surface area contributed by atoms with Crippen LogP contribution in [0.5, 0.6) is 5.75 Å². The first-order valence-corrected chi connectivity index (χ1v) is 12.2. The van der Waals surface area contributed by atoms with E-state index in [9.17, 15) is 14.4 Å². The Hall–Kier alpha value is -3.55. The summed E-state index contributed by atoms with van der Waals surface area (Å²) in [5, 5.41) is 6.83. The fourth-order valence-electron chi connectivity index (χ4n) is 3.81. The van der Waals surface area contributed by atoms with Crippen molar-refractivity contribution in [1.29, 1.82) is 0 Å². The summed E-state index contributed by atoms with van der Waals surface area (Å²) in [4.78, 5) is 38.9. The van der Waals surface area contributed by atoms with E-state index in [0.29, 0.717) is 40.3 Å². The van der Waals surface area contributed by atoms with Gasteiger partial charge in [-0.05, 0) is 66.6 Å². The van der Waals surface area contributed by atoms with Gasteiger partial charge in [-0.15, -0.1) is 0 Å². The predicted molar refractivity (Wildman–Crippen MR) is 141 cm³/mol. The summed E-state index contributed by atoms with van der Waals surface area (Å²) in [6, 6.07) is 19.4.